The molecule has 30 heavy (non-hydrogen) atoms. The molecule has 9 nitrogen and oxygen atoms in total. The maximum atomic E-state index is 12.6. The second-order valence-corrected chi connectivity index (χ2v) is 6.32. The number of hydrogen-bond acceptors (Lipinski definition) is 6. The fourth-order valence-electron chi connectivity index (χ4n) is 2.82. The standard InChI is InChI=1S/C21H19N5O4/c1-2-11-26-21(29)16-9-5-4-8-15(16)19(25-26)20(28)24-23-18(27)13-30-17-10-6-3-7-14(17)12-22/h3-10H,2,11,13H2,1H3,(H,23,27)(H,24,28). The molecule has 0 radical (unpaired) electrons. The Labute approximate surface area is 171 Å². The van der Waals surface area contributed by atoms with Gasteiger partial charge >= 0.3 is 0 Å². The molecule has 0 saturated carbocycles. The van der Waals surface area contributed by atoms with E-state index in [-0.39, 0.29) is 17.0 Å². The molecule has 0 fully saturated rings. The highest BCUT2D eigenvalue weighted by molar-refractivity contribution is 6.05. The predicted molar refractivity (Wildman–Crippen MR) is 109 cm³/mol. The highest BCUT2D eigenvalue weighted by Crippen LogP contribution is 2.16. The van der Waals surface area contributed by atoms with Crippen LogP contribution in [0.3, 0.4) is 0 Å². The van der Waals surface area contributed by atoms with Gasteiger partial charge in [0.15, 0.2) is 12.3 Å². The van der Waals surface area contributed by atoms with Crippen molar-refractivity contribution in [1.29, 1.82) is 5.26 Å². The van der Waals surface area contributed by atoms with Crippen LogP contribution in [0.15, 0.2) is 53.3 Å². The molecule has 1 heterocycles. The molecule has 2 aromatic carbocycles. The van der Waals surface area contributed by atoms with E-state index in [0.717, 1.165) is 0 Å². The van der Waals surface area contributed by atoms with Gasteiger partial charge < -0.3 is 4.74 Å². The van der Waals surface area contributed by atoms with Crippen LogP contribution in [-0.2, 0) is 11.3 Å². The molecule has 3 rings (SSSR count). The molecule has 0 spiro atoms. The van der Waals surface area contributed by atoms with Crippen molar-refractivity contribution in [3.63, 3.8) is 0 Å². The van der Waals surface area contributed by atoms with Crippen LogP contribution in [0.4, 0.5) is 0 Å². The number of nitrogens with zero attached hydrogens (tertiary/aromatic N) is 3. The molecule has 0 atom stereocenters. The Kier molecular flexibility index (Phi) is 6.39. The number of benzene rings is 2. The van der Waals surface area contributed by atoms with E-state index in [1.165, 1.54) is 4.68 Å². The zero-order chi connectivity index (χ0) is 21.5. The summed E-state index contributed by atoms with van der Waals surface area (Å²) in [6, 6.07) is 15.1. The molecule has 0 bridgehead atoms. The Bertz CT molecular complexity index is 1200. The molecule has 0 saturated heterocycles. The summed E-state index contributed by atoms with van der Waals surface area (Å²) in [4.78, 5) is 37.1. The second-order valence-electron chi connectivity index (χ2n) is 6.32. The minimum absolute atomic E-state index is 0.0229. The number of aromatic nitrogens is 2. The Morgan fingerprint density at radius 1 is 1.10 bits per heavy atom. The van der Waals surface area contributed by atoms with E-state index in [1.807, 2.05) is 13.0 Å². The van der Waals surface area contributed by atoms with Crippen LogP contribution < -0.4 is 21.1 Å². The molecule has 1 aromatic heterocycles. The van der Waals surface area contributed by atoms with E-state index >= 15 is 0 Å². The Balaban J connectivity index is 1.71. The smallest absolute Gasteiger partial charge is 0.290 e. The van der Waals surface area contributed by atoms with Gasteiger partial charge in [0.05, 0.1) is 10.9 Å². The number of carbonyl (C=O) groups excluding carboxylic acids is 2. The first-order valence-electron chi connectivity index (χ1n) is 9.26. The maximum Gasteiger partial charge on any atom is 0.290 e. The average molecular weight is 405 g/mol. The van der Waals surface area contributed by atoms with Crippen molar-refractivity contribution < 1.29 is 14.3 Å². The lowest BCUT2D eigenvalue weighted by atomic mass is 10.1. The van der Waals surface area contributed by atoms with Crippen molar-refractivity contribution in [2.75, 3.05) is 6.61 Å². The summed E-state index contributed by atoms with van der Waals surface area (Å²) >= 11 is 0. The monoisotopic (exact) mass is 405 g/mol. The quantitative estimate of drug-likeness (QED) is 0.599. The third kappa shape index (κ3) is 4.44. The van der Waals surface area contributed by atoms with Crippen molar-refractivity contribution >= 4 is 22.6 Å². The number of rotatable bonds is 6. The van der Waals surface area contributed by atoms with Gasteiger partial charge in [-0.3, -0.25) is 25.2 Å². The van der Waals surface area contributed by atoms with Crippen molar-refractivity contribution in [2.24, 2.45) is 0 Å². The topological polar surface area (TPSA) is 126 Å². The van der Waals surface area contributed by atoms with Gasteiger partial charge in [0.25, 0.3) is 17.4 Å². The van der Waals surface area contributed by atoms with Crippen LogP contribution in [0, 0.1) is 11.3 Å². The summed E-state index contributed by atoms with van der Waals surface area (Å²) in [6.45, 7) is 1.86. The van der Waals surface area contributed by atoms with E-state index in [1.54, 1.807) is 48.5 Å². The molecule has 0 unspecified atom stereocenters. The minimum atomic E-state index is -0.665. The van der Waals surface area contributed by atoms with E-state index < -0.39 is 18.4 Å². The lowest BCUT2D eigenvalue weighted by Gasteiger charge is -2.12. The number of aryl methyl sites for hydroxylation is 1. The molecular weight excluding hydrogens is 386 g/mol. The summed E-state index contributed by atoms with van der Waals surface area (Å²) in [6.07, 6.45) is 0.671. The van der Waals surface area contributed by atoms with Gasteiger partial charge in [-0.15, -0.1) is 0 Å². The first kappa shape index (κ1) is 20.5. The number of para-hydroxylation sites is 1. The number of nitriles is 1. The fraction of sp³-hybridized carbons (Fsp3) is 0.190. The molecule has 3 aromatic rings. The number of hydrazine groups is 1. The van der Waals surface area contributed by atoms with Crippen LogP contribution in [0.25, 0.3) is 10.8 Å². The number of hydrogen-bond donors (Lipinski definition) is 2. The van der Waals surface area contributed by atoms with Crippen LogP contribution in [-0.4, -0.2) is 28.2 Å². The Morgan fingerprint density at radius 3 is 2.53 bits per heavy atom. The van der Waals surface area contributed by atoms with Crippen LogP contribution in [0.2, 0.25) is 0 Å². The lowest BCUT2D eigenvalue weighted by molar-refractivity contribution is -0.123. The number of nitrogens with one attached hydrogen (secondary N) is 2. The van der Waals surface area contributed by atoms with Gasteiger partial charge in [-0.05, 0) is 24.6 Å². The zero-order valence-electron chi connectivity index (χ0n) is 16.2. The molecule has 0 aliphatic carbocycles. The van der Waals surface area contributed by atoms with Gasteiger partial charge in [-0.1, -0.05) is 37.3 Å². The summed E-state index contributed by atoms with van der Waals surface area (Å²) in [5, 5.41) is 14.0. The third-order valence-corrected chi connectivity index (χ3v) is 4.20. The zero-order valence-corrected chi connectivity index (χ0v) is 16.2. The van der Waals surface area contributed by atoms with Crippen molar-refractivity contribution in [3.05, 3.63) is 70.1 Å². The van der Waals surface area contributed by atoms with Crippen LogP contribution in [0.1, 0.15) is 29.4 Å². The number of carbonyl (C=O) groups is 2. The van der Waals surface area contributed by atoms with Crippen molar-refractivity contribution in [1.82, 2.24) is 20.6 Å². The van der Waals surface area contributed by atoms with Gasteiger partial charge in [-0.25, -0.2) is 4.68 Å². The number of fused-ring (bicyclic) bond motifs is 1. The molecule has 9 heteroatoms. The maximum absolute atomic E-state index is 12.6. The Morgan fingerprint density at radius 2 is 1.80 bits per heavy atom. The fourth-order valence-corrected chi connectivity index (χ4v) is 2.82. The predicted octanol–water partition coefficient (Wildman–Crippen LogP) is 1.52. The largest absolute Gasteiger partial charge is 0.482 e. The first-order chi connectivity index (χ1) is 14.5. The van der Waals surface area contributed by atoms with E-state index in [9.17, 15) is 14.4 Å². The number of ether oxygens (including phenoxy) is 1. The third-order valence-electron chi connectivity index (χ3n) is 4.20. The summed E-state index contributed by atoms with van der Waals surface area (Å²) in [5.41, 5.74) is 4.57. The van der Waals surface area contributed by atoms with Gasteiger partial charge in [0, 0.05) is 11.9 Å². The number of amides is 2. The average Bonchev–Trinajstić information content (AvgIpc) is 2.78. The summed E-state index contributed by atoms with van der Waals surface area (Å²) in [5.74, 6) is -1.02. The summed E-state index contributed by atoms with van der Waals surface area (Å²) in [7, 11) is 0. The molecule has 152 valence electrons. The van der Waals surface area contributed by atoms with Gasteiger partial charge in [-0.2, -0.15) is 10.4 Å². The minimum Gasteiger partial charge on any atom is -0.482 e. The van der Waals surface area contributed by atoms with E-state index in [2.05, 4.69) is 16.0 Å². The molecule has 0 aliphatic rings. The highest BCUT2D eigenvalue weighted by Gasteiger charge is 2.17. The normalized spacial score (nSPS) is 10.3. The Hall–Kier alpha value is -4.19. The molecule has 2 amide bonds. The van der Waals surface area contributed by atoms with Crippen molar-refractivity contribution in [3.8, 4) is 11.8 Å². The van der Waals surface area contributed by atoms with E-state index in [4.69, 9.17) is 10.00 Å². The molecule has 0 aliphatic heterocycles. The lowest BCUT2D eigenvalue weighted by Crippen LogP contribution is -2.44. The first-order valence-corrected chi connectivity index (χ1v) is 9.26. The summed E-state index contributed by atoms with van der Waals surface area (Å²) < 4.78 is 6.56. The van der Waals surface area contributed by atoms with Gasteiger partial charge in [0.2, 0.25) is 0 Å². The van der Waals surface area contributed by atoms with Crippen LogP contribution >= 0.6 is 0 Å². The molecular formula is C21H19N5O4. The van der Waals surface area contributed by atoms with E-state index in [0.29, 0.717) is 29.3 Å². The second kappa shape index (κ2) is 9.34. The van der Waals surface area contributed by atoms with Gasteiger partial charge in [0.1, 0.15) is 11.8 Å². The SMILES string of the molecule is CCCn1nc(C(=O)NNC(=O)COc2ccccc2C#N)c2ccccc2c1=O. The highest BCUT2D eigenvalue weighted by atomic mass is 16.5. The van der Waals surface area contributed by atoms with Crippen molar-refractivity contribution in [2.45, 2.75) is 19.9 Å². The van der Waals surface area contributed by atoms with Crippen LogP contribution in [0.5, 0.6) is 5.75 Å². The molecule has 2 N–H and O–H groups in total.